The molecule has 0 spiro atoms. The molecule has 0 aromatic heterocycles. The molecule has 0 bridgehead atoms. The molecule has 1 atom stereocenters. The highest BCUT2D eigenvalue weighted by Crippen LogP contribution is 2.30. The highest BCUT2D eigenvalue weighted by molar-refractivity contribution is 5.72. The maximum absolute atomic E-state index is 13.7. The zero-order valence-electron chi connectivity index (χ0n) is 21.0. The number of carboxylic acids is 1. The van der Waals surface area contributed by atoms with Crippen LogP contribution in [0.25, 0.3) is 0 Å². The van der Waals surface area contributed by atoms with E-state index in [1.165, 1.54) is 0 Å². The molecule has 0 saturated heterocycles. The lowest BCUT2D eigenvalue weighted by Gasteiger charge is -2.15. The monoisotopic (exact) mass is 494 g/mol. The van der Waals surface area contributed by atoms with Crippen LogP contribution in [-0.2, 0) is 30.7 Å². The summed E-state index contributed by atoms with van der Waals surface area (Å²) in [5.74, 6) is 0.677. The Bertz CT molecular complexity index is 1100. The van der Waals surface area contributed by atoms with Gasteiger partial charge >= 0.3 is 5.97 Å². The van der Waals surface area contributed by atoms with Crippen molar-refractivity contribution in [3.05, 3.63) is 89.0 Å². The summed E-state index contributed by atoms with van der Waals surface area (Å²) >= 11 is 0. The first-order chi connectivity index (χ1) is 17.5. The summed E-state index contributed by atoms with van der Waals surface area (Å²) in [5.41, 5.74) is 3.90. The van der Waals surface area contributed by atoms with Crippen LogP contribution in [0.3, 0.4) is 0 Å². The van der Waals surface area contributed by atoms with Crippen molar-refractivity contribution >= 4 is 5.97 Å². The van der Waals surface area contributed by atoms with E-state index < -0.39 is 12.1 Å². The summed E-state index contributed by atoms with van der Waals surface area (Å²) in [6.07, 6.45) is 2.35. The molecule has 0 fully saturated rings. The van der Waals surface area contributed by atoms with Crippen LogP contribution in [0.1, 0.15) is 48.4 Å². The molecule has 0 aliphatic heterocycles. The second-order valence-corrected chi connectivity index (χ2v) is 8.77. The van der Waals surface area contributed by atoms with E-state index in [2.05, 4.69) is 13.0 Å². The number of halogens is 1. The molecule has 0 radical (unpaired) electrons. The number of hydrogen-bond acceptors (Lipinski definition) is 4. The number of hydrogen-bond donors (Lipinski definition) is 1. The van der Waals surface area contributed by atoms with Gasteiger partial charge in [-0.3, -0.25) is 0 Å². The number of benzene rings is 3. The molecule has 36 heavy (non-hydrogen) atoms. The van der Waals surface area contributed by atoms with Crippen molar-refractivity contribution in [2.75, 3.05) is 13.7 Å². The zero-order chi connectivity index (χ0) is 25.8. The maximum Gasteiger partial charge on any atom is 0.338 e. The Morgan fingerprint density at radius 1 is 0.861 bits per heavy atom. The largest absolute Gasteiger partial charge is 0.493 e. The quantitative estimate of drug-likeness (QED) is 0.241. The molecule has 192 valence electrons. The number of alkyl halides is 1. The second-order valence-electron chi connectivity index (χ2n) is 8.77. The Balaban J connectivity index is 1.61. The fraction of sp³-hybridized carbons (Fsp3) is 0.367. The van der Waals surface area contributed by atoms with Crippen molar-refractivity contribution in [1.29, 1.82) is 0 Å². The van der Waals surface area contributed by atoms with Gasteiger partial charge in [0.25, 0.3) is 0 Å². The Labute approximate surface area is 212 Å². The minimum atomic E-state index is -1.92. The van der Waals surface area contributed by atoms with Crippen LogP contribution in [0.4, 0.5) is 4.39 Å². The first-order valence-corrected chi connectivity index (χ1v) is 12.4. The molecule has 0 saturated carbocycles. The molecule has 1 unspecified atom stereocenters. The van der Waals surface area contributed by atoms with Crippen LogP contribution < -0.4 is 14.2 Å². The molecular formula is C30H35FO5. The van der Waals surface area contributed by atoms with E-state index in [9.17, 15) is 9.18 Å². The minimum Gasteiger partial charge on any atom is -0.493 e. The third-order valence-electron chi connectivity index (χ3n) is 5.95. The lowest BCUT2D eigenvalue weighted by molar-refractivity contribution is -0.142. The summed E-state index contributed by atoms with van der Waals surface area (Å²) in [6.45, 7) is 3.14. The summed E-state index contributed by atoms with van der Waals surface area (Å²) in [4.78, 5) is 10.9. The van der Waals surface area contributed by atoms with Crippen molar-refractivity contribution in [2.24, 2.45) is 0 Å². The number of aliphatic carboxylic acids is 1. The predicted molar refractivity (Wildman–Crippen MR) is 139 cm³/mol. The van der Waals surface area contributed by atoms with Gasteiger partial charge in [-0.25, -0.2) is 9.18 Å². The molecule has 6 heteroatoms. The van der Waals surface area contributed by atoms with Crippen molar-refractivity contribution in [1.82, 2.24) is 0 Å². The number of aryl methyl sites for hydroxylation is 2. The van der Waals surface area contributed by atoms with Gasteiger partial charge in [-0.2, -0.15) is 0 Å². The fourth-order valence-corrected chi connectivity index (χ4v) is 3.89. The number of methoxy groups -OCH3 is 1. The number of rotatable bonds is 15. The molecule has 3 aromatic carbocycles. The van der Waals surface area contributed by atoms with Crippen molar-refractivity contribution in [2.45, 2.75) is 58.2 Å². The lowest BCUT2D eigenvalue weighted by Crippen LogP contribution is -2.17. The topological polar surface area (TPSA) is 65.0 Å². The zero-order valence-corrected chi connectivity index (χ0v) is 21.0. The van der Waals surface area contributed by atoms with E-state index in [4.69, 9.17) is 19.3 Å². The minimum absolute atomic E-state index is 0.168. The first kappa shape index (κ1) is 27.1. The number of carbonyl (C=O) groups is 1. The Kier molecular flexibility index (Phi) is 10.6. The summed E-state index contributed by atoms with van der Waals surface area (Å²) in [7, 11) is 1.64. The van der Waals surface area contributed by atoms with Gasteiger partial charge in [0, 0.05) is 6.42 Å². The third-order valence-corrected chi connectivity index (χ3v) is 5.95. The van der Waals surface area contributed by atoms with E-state index in [0.717, 1.165) is 48.8 Å². The van der Waals surface area contributed by atoms with Crippen LogP contribution in [-0.4, -0.2) is 31.0 Å². The standard InChI is InChI=1S/C30H35FO5/c1-3-4-17-35-28-20-24(18-26(31)30(32)33)13-15-25(28)12-8-11-22-14-16-27(29(19-22)34-2)36-21-23-9-6-5-7-10-23/h5-7,9-10,13-16,19-20,26H,3-4,8,11-12,17-18,21H2,1-2H3,(H,32,33). The number of carboxylic acid groups (broad SMARTS) is 1. The molecule has 3 rings (SSSR count). The van der Waals surface area contributed by atoms with Crippen molar-refractivity contribution in [3.8, 4) is 17.2 Å². The SMILES string of the molecule is CCCCOc1cc(CC(F)C(=O)O)ccc1CCCc1ccc(OCc2ccccc2)c(OC)c1. The summed E-state index contributed by atoms with van der Waals surface area (Å²) in [5, 5.41) is 8.88. The first-order valence-electron chi connectivity index (χ1n) is 12.4. The third kappa shape index (κ3) is 8.29. The molecule has 0 heterocycles. The predicted octanol–water partition coefficient (Wildman–Crippen LogP) is 6.59. The van der Waals surface area contributed by atoms with E-state index in [-0.39, 0.29) is 6.42 Å². The van der Waals surface area contributed by atoms with Gasteiger partial charge in [-0.1, -0.05) is 61.9 Å². The highest BCUT2D eigenvalue weighted by atomic mass is 19.1. The molecule has 0 aliphatic rings. The Morgan fingerprint density at radius 3 is 2.33 bits per heavy atom. The average Bonchev–Trinajstić information content (AvgIpc) is 2.89. The molecule has 1 N–H and O–H groups in total. The van der Waals surface area contributed by atoms with Crippen LogP contribution in [0.2, 0.25) is 0 Å². The molecule has 3 aromatic rings. The number of ether oxygens (including phenoxy) is 3. The Hall–Kier alpha value is -3.54. The fourth-order valence-electron chi connectivity index (χ4n) is 3.89. The lowest BCUT2D eigenvalue weighted by atomic mass is 10.00. The molecule has 5 nitrogen and oxygen atoms in total. The van der Waals surface area contributed by atoms with Crippen LogP contribution in [0.5, 0.6) is 17.2 Å². The van der Waals surface area contributed by atoms with Gasteiger partial charge in [0.1, 0.15) is 12.4 Å². The number of unbranched alkanes of at least 4 members (excludes halogenated alkanes) is 1. The summed E-state index contributed by atoms with van der Waals surface area (Å²) in [6, 6.07) is 21.5. The average molecular weight is 495 g/mol. The normalized spacial score (nSPS) is 11.6. The molecule has 0 aliphatic carbocycles. The maximum atomic E-state index is 13.7. The van der Waals surface area contributed by atoms with E-state index in [1.807, 2.05) is 48.5 Å². The van der Waals surface area contributed by atoms with Gasteiger partial charge in [0.2, 0.25) is 6.17 Å². The van der Waals surface area contributed by atoms with Gasteiger partial charge in [0.05, 0.1) is 13.7 Å². The van der Waals surface area contributed by atoms with E-state index >= 15 is 0 Å². The smallest absolute Gasteiger partial charge is 0.338 e. The van der Waals surface area contributed by atoms with E-state index in [1.54, 1.807) is 19.2 Å². The van der Waals surface area contributed by atoms with Gasteiger partial charge in [-0.15, -0.1) is 0 Å². The van der Waals surface area contributed by atoms with Crippen LogP contribution in [0, 0.1) is 0 Å². The Morgan fingerprint density at radius 2 is 1.61 bits per heavy atom. The van der Waals surface area contributed by atoms with Crippen molar-refractivity contribution in [3.63, 3.8) is 0 Å². The molecular weight excluding hydrogens is 459 g/mol. The van der Waals surface area contributed by atoms with Crippen LogP contribution in [0.15, 0.2) is 66.7 Å². The van der Waals surface area contributed by atoms with Gasteiger partial charge in [0.15, 0.2) is 11.5 Å². The van der Waals surface area contributed by atoms with Crippen molar-refractivity contribution < 1.29 is 28.5 Å². The second kappa shape index (κ2) is 14.1. The van der Waals surface area contributed by atoms with Gasteiger partial charge in [-0.05, 0) is 66.1 Å². The highest BCUT2D eigenvalue weighted by Gasteiger charge is 2.17. The van der Waals surface area contributed by atoms with E-state index in [0.29, 0.717) is 36.0 Å². The van der Waals surface area contributed by atoms with Crippen LogP contribution >= 0.6 is 0 Å². The summed E-state index contributed by atoms with van der Waals surface area (Å²) < 4.78 is 31.2. The molecule has 0 amide bonds. The van der Waals surface area contributed by atoms with Gasteiger partial charge < -0.3 is 19.3 Å².